The Morgan fingerprint density at radius 1 is 1.23 bits per heavy atom. The lowest BCUT2D eigenvalue weighted by Crippen LogP contribution is -2.43. The summed E-state index contributed by atoms with van der Waals surface area (Å²) < 4.78 is 20.5. The predicted octanol–water partition coefficient (Wildman–Crippen LogP) is 1.98. The van der Waals surface area contributed by atoms with Gasteiger partial charge < -0.3 is 25.2 Å². The molecule has 1 aromatic rings. The van der Waals surface area contributed by atoms with Crippen molar-refractivity contribution in [2.24, 2.45) is 16.0 Å². The van der Waals surface area contributed by atoms with Crippen LogP contribution in [0.25, 0.3) is 0 Å². The minimum absolute atomic E-state index is 0.0670. The third-order valence-electron chi connectivity index (χ3n) is 6.38. The lowest BCUT2D eigenvalue weighted by Gasteiger charge is -2.30. The van der Waals surface area contributed by atoms with Crippen molar-refractivity contribution in [2.75, 3.05) is 24.8 Å². The Hall–Kier alpha value is -3.58. The van der Waals surface area contributed by atoms with E-state index < -0.39 is 26.6 Å². The highest BCUT2D eigenvalue weighted by molar-refractivity contribution is 7.46. The van der Waals surface area contributed by atoms with E-state index in [9.17, 15) is 18.9 Å². The van der Waals surface area contributed by atoms with Crippen LogP contribution in [0.15, 0.2) is 39.6 Å². The van der Waals surface area contributed by atoms with Gasteiger partial charge in [0.1, 0.15) is 12.0 Å². The van der Waals surface area contributed by atoms with Crippen molar-refractivity contribution < 1.29 is 38.0 Å². The first-order chi connectivity index (χ1) is 18.5. The van der Waals surface area contributed by atoms with Crippen LogP contribution < -0.4 is 15.5 Å². The number of nitrogens with zero attached hydrogens (tertiary/aromatic N) is 4. The van der Waals surface area contributed by atoms with Gasteiger partial charge in [-0.05, 0) is 56.4 Å². The number of amidine groups is 1. The summed E-state index contributed by atoms with van der Waals surface area (Å²) in [7, 11) is -4.91. The summed E-state index contributed by atoms with van der Waals surface area (Å²) in [6.45, 7) is 5.10. The predicted molar refractivity (Wildman–Crippen MR) is 141 cm³/mol. The van der Waals surface area contributed by atoms with Crippen LogP contribution in [0.3, 0.4) is 0 Å². The van der Waals surface area contributed by atoms with Crippen molar-refractivity contribution in [2.45, 2.75) is 46.1 Å². The summed E-state index contributed by atoms with van der Waals surface area (Å²) in [5.41, 5.74) is 2.13. The van der Waals surface area contributed by atoms with E-state index in [2.05, 4.69) is 25.3 Å². The molecule has 14 nitrogen and oxygen atoms in total. The minimum Gasteiger partial charge on any atom is -0.421 e. The van der Waals surface area contributed by atoms with Crippen LogP contribution in [0.2, 0.25) is 0 Å². The van der Waals surface area contributed by atoms with Gasteiger partial charge in [-0.3, -0.25) is 14.6 Å². The molecule has 15 heteroatoms. The number of benzene rings is 1. The molecule has 3 aliphatic rings. The molecular formula is C24H31N6O8P. The number of amides is 3. The van der Waals surface area contributed by atoms with Gasteiger partial charge in [-0.15, -0.1) is 0 Å². The Morgan fingerprint density at radius 3 is 2.64 bits per heavy atom. The first-order valence-electron chi connectivity index (χ1n) is 12.4. The summed E-state index contributed by atoms with van der Waals surface area (Å²) in [5, 5.41) is 11.6. The number of carbonyl (C=O) groups is 3. The second-order valence-corrected chi connectivity index (χ2v) is 10.6. The quantitative estimate of drug-likeness (QED) is 0.258. The molecule has 4 N–H and O–H groups in total. The fourth-order valence-electron chi connectivity index (χ4n) is 4.18. The lowest BCUT2D eigenvalue weighted by atomic mass is 10.0. The second-order valence-electron chi connectivity index (χ2n) is 9.37. The summed E-state index contributed by atoms with van der Waals surface area (Å²) in [6.07, 6.45) is 2.72. The SMILES string of the molecule is CCCNC(=O)C1CN2N=CN=C(N(C(=O)OCOP(=O)(O)O)c3cc(C(=O)NC4CC4)ccc3C)C2=C1C. The standard InChI is InChI=1S/C24H31N6O8P/c1-4-9-25-23(32)18-11-29-20(15(18)3)21(26-12-27-29)30(24(33)37-13-38-39(34,35)36)19-10-16(6-5-14(19)2)22(31)28-17-7-8-17/h5-6,10,12,17-18H,4,7-9,11,13H2,1-3H3,(H,25,32)(H,28,31)(H2,34,35,36). The highest BCUT2D eigenvalue weighted by atomic mass is 31.2. The molecule has 2 heterocycles. The summed E-state index contributed by atoms with van der Waals surface area (Å²) in [4.78, 5) is 62.5. The van der Waals surface area contributed by atoms with Crippen LogP contribution in [-0.4, -0.2) is 70.8 Å². The van der Waals surface area contributed by atoms with Crippen LogP contribution in [0.5, 0.6) is 0 Å². The molecule has 39 heavy (non-hydrogen) atoms. The smallest absolute Gasteiger partial charge is 0.421 e. The maximum atomic E-state index is 13.4. The normalized spacial score (nSPS) is 18.4. The van der Waals surface area contributed by atoms with E-state index in [1.165, 1.54) is 12.4 Å². The third-order valence-corrected chi connectivity index (χ3v) is 6.82. The molecule has 0 aromatic heterocycles. The average molecular weight is 563 g/mol. The van der Waals surface area contributed by atoms with E-state index in [4.69, 9.17) is 14.5 Å². The van der Waals surface area contributed by atoms with Gasteiger partial charge in [0.25, 0.3) is 5.91 Å². The molecule has 4 rings (SSSR count). The van der Waals surface area contributed by atoms with Gasteiger partial charge in [-0.2, -0.15) is 5.10 Å². The molecule has 1 unspecified atom stereocenters. The van der Waals surface area contributed by atoms with Crippen LogP contribution in [-0.2, 0) is 18.6 Å². The molecule has 0 saturated heterocycles. The molecule has 0 bridgehead atoms. The maximum Gasteiger partial charge on any atom is 0.472 e. The van der Waals surface area contributed by atoms with E-state index in [-0.39, 0.29) is 35.9 Å². The molecule has 1 saturated carbocycles. The zero-order chi connectivity index (χ0) is 28.3. The number of phosphoric acid groups is 1. The molecule has 3 amide bonds. The van der Waals surface area contributed by atoms with Crippen molar-refractivity contribution in [3.8, 4) is 0 Å². The van der Waals surface area contributed by atoms with Crippen molar-refractivity contribution in [1.82, 2.24) is 15.6 Å². The Labute approximate surface area is 225 Å². The molecule has 1 aromatic carbocycles. The van der Waals surface area contributed by atoms with Crippen LogP contribution in [0.4, 0.5) is 10.5 Å². The number of aryl methyl sites for hydroxylation is 1. The highest BCUT2D eigenvalue weighted by Crippen LogP contribution is 2.37. The molecular weight excluding hydrogens is 531 g/mol. The van der Waals surface area contributed by atoms with Crippen LogP contribution in [0, 0.1) is 12.8 Å². The van der Waals surface area contributed by atoms with E-state index in [0.717, 1.165) is 24.2 Å². The first kappa shape index (κ1) is 28.4. The molecule has 1 aliphatic carbocycles. The fourth-order valence-corrected chi connectivity index (χ4v) is 4.37. The Balaban J connectivity index is 1.73. The van der Waals surface area contributed by atoms with E-state index in [1.54, 1.807) is 31.0 Å². The first-order valence-corrected chi connectivity index (χ1v) is 14.0. The number of hydrogen-bond acceptors (Lipinski definition) is 9. The Bertz CT molecular complexity index is 1300. The summed E-state index contributed by atoms with van der Waals surface area (Å²) in [6, 6.07) is 4.91. The van der Waals surface area contributed by atoms with E-state index in [0.29, 0.717) is 28.9 Å². The number of nitrogens with one attached hydrogen (secondary N) is 2. The van der Waals surface area contributed by atoms with Gasteiger partial charge in [-0.1, -0.05) is 13.0 Å². The monoisotopic (exact) mass is 562 g/mol. The van der Waals surface area contributed by atoms with E-state index in [1.807, 2.05) is 6.92 Å². The van der Waals surface area contributed by atoms with Crippen molar-refractivity contribution >= 4 is 43.6 Å². The second kappa shape index (κ2) is 11.7. The third kappa shape index (κ3) is 6.71. The highest BCUT2D eigenvalue weighted by Gasteiger charge is 2.41. The van der Waals surface area contributed by atoms with Gasteiger partial charge >= 0.3 is 13.9 Å². The fraction of sp³-hybridized carbons (Fsp3) is 0.458. The number of rotatable bonds is 9. The molecule has 0 spiro atoms. The van der Waals surface area contributed by atoms with Crippen LogP contribution >= 0.6 is 7.82 Å². The van der Waals surface area contributed by atoms with Crippen molar-refractivity contribution in [3.63, 3.8) is 0 Å². The van der Waals surface area contributed by atoms with Gasteiger partial charge in [0.2, 0.25) is 12.7 Å². The lowest BCUT2D eigenvalue weighted by molar-refractivity contribution is -0.123. The zero-order valence-corrected chi connectivity index (χ0v) is 22.7. The van der Waals surface area contributed by atoms with Gasteiger partial charge in [0.05, 0.1) is 18.2 Å². The number of fused-ring (bicyclic) bond motifs is 1. The van der Waals surface area contributed by atoms with Crippen molar-refractivity contribution in [3.05, 3.63) is 40.6 Å². The number of anilines is 1. The largest absolute Gasteiger partial charge is 0.472 e. The number of hydrazone groups is 1. The number of hydrogen-bond donors (Lipinski definition) is 4. The maximum absolute atomic E-state index is 13.4. The van der Waals surface area contributed by atoms with Gasteiger partial charge in [-0.25, -0.2) is 23.8 Å². The average Bonchev–Trinajstić information content (AvgIpc) is 3.63. The molecule has 0 radical (unpaired) electrons. The number of aliphatic imine (C=N–C) groups is 1. The Morgan fingerprint density at radius 2 is 1.97 bits per heavy atom. The van der Waals surface area contributed by atoms with Crippen molar-refractivity contribution in [1.29, 1.82) is 0 Å². The minimum atomic E-state index is -4.91. The number of carbonyl (C=O) groups excluding carboxylic acids is 3. The summed E-state index contributed by atoms with van der Waals surface area (Å²) >= 11 is 0. The zero-order valence-electron chi connectivity index (χ0n) is 21.8. The van der Waals surface area contributed by atoms with E-state index >= 15 is 0 Å². The summed E-state index contributed by atoms with van der Waals surface area (Å²) in [5.74, 6) is -0.989. The number of phosphoric ester groups is 1. The van der Waals surface area contributed by atoms with Crippen LogP contribution in [0.1, 0.15) is 49.0 Å². The topological polar surface area (TPSA) is 182 Å². The van der Waals surface area contributed by atoms with Gasteiger partial charge in [0.15, 0.2) is 5.84 Å². The molecule has 2 aliphatic heterocycles. The molecule has 210 valence electrons. The molecule has 1 fully saturated rings. The molecule has 1 atom stereocenters. The number of ether oxygens (including phenoxy) is 1. The Kier molecular flexibility index (Phi) is 8.50. The van der Waals surface area contributed by atoms with Gasteiger partial charge in [0, 0.05) is 18.2 Å².